The fourth-order valence-electron chi connectivity index (χ4n) is 4.11. The number of hydrogen-bond donors (Lipinski definition) is 0. The SMILES string of the molecule is CC1=CC(c2ccc3c(c2)c2cc(C4=[O+][B-](F)(F)OC(C)=C4)ccc2n3C)=[O+][B-](F)(F)O1. The predicted octanol–water partition coefficient (Wildman–Crippen LogP) is 5.39. The van der Waals surface area contributed by atoms with E-state index in [9.17, 15) is 17.3 Å². The summed E-state index contributed by atoms with van der Waals surface area (Å²) in [5.41, 5.74) is 2.57. The van der Waals surface area contributed by atoms with Crippen molar-refractivity contribution in [3.8, 4) is 0 Å². The van der Waals surface area contributed by atoms with E-state index in [0.717, 1.165) is 21.8 Å². The summed E-state index contributed by atoms with van der Waals surface area (Å²) in [7, 11) is -7.03. The number of benzene rings is 2. The lowest BCUT2D eigenvalue weighted by Gasteiger charge is -2.17. The maximum atomic E-state index is 13.8. The van der Waals surface area contributed by atoms with Crippen molar-refractivity contribution in [2.75, 3.05) is 0 Å². The zero-order valence-corrected chi connectivity index (χ0v) is 17.4. The van der Waals surface area contributed by atoms with E-state index in [4.69, 9.17) is 8.68 Å². The first-order valence-electron chi connectivity index (χ1n) is 9.91. The first-order valence-corrected chi connectivity index (χ1v) is 9.91. The Morgan fingerprint density at radius 1 is 0.719 bits per heavy atom. The number of fused-ring (bicyclic) bond motifs is 3. The molecule has 3 heterocycles. The van der Waals surface area contributed by atoms with Crippen molar-refractivity contribution < 1.29 is 35.3 Å². The van der Waals surface area contributed by atoms with Gasteiger partial charge in [0.2, 0.25) is 0 Å². The normalized spacial score (nSPS) is 19.6. The molecule has 32 heavy (non-hydrogen) atoms. The third-order valence-electron chi connectivity index (χ3n) is 5.42. The highest BCUT2D eigenvalue weighted by molar-refractivity contribution is 6.51. The minimum Gasteiger partial charge on any atom is -0.572 e. The maximum absolute atomic E-state index is 13.8. The topological polar surface area (TPSA) is 46.0 Å². The summed E-state index contributed by atoms with van der Waals surface area (Å²) in [6.45, 7) is 2.86. The van der Waals surface area contributed by atoms with Crippen LogP contribution in [0, 0.1) is 0 Å². The van der Waals surface area contributed by atoms with Crippen LogP contribution in [0.5, 0.6) is 0 Å². The van der Waals surface area contributed by atoms with Crippen LogP contribution < -0.4 is 0 Å². The van der Waals surface area contributed by atoms with E-state index in [0.29, 0.717) is 11.1 Å². The second-order valence-corrected chi connectivity index (χ2v) is 7.80. The number of allylic oxidation sites excluding steroid dienone is 4. The quantitative estimate of drug-likeness (QED) is 0.302. The summed E-state index contributed by atoms with van der Waals surface area (Å²) < 4.78 is 75.5. The van der Waals surface area contributed by atoms with E-state index in [1.54, 1.807) is 36.4 Å². The standard InChI is InChI=1S/C21H17B2F4NO4/c1-12-8-20(31-22(24,25)29-12)14-4-6-18-16(10-14)17-11-15(5-7-19(17)28(18)3)21-9-13(2)30-23(26,27)32-21/h4-11H,1-3H3. The Balaban J connectivity index is 1.69. The molecule has 0 amide bonds. The van der Waals surface area contributed by atoms with Crippen LogP contribution in [0.15, 0.2) is 60.1 Å². The lowest BCUT2D eigenvalue weighted by Crippen LogP contribution is -2.30. The van der Waals surface area contributed by atoms with Gasteiger partial charge < -0.3 is 39.8 Å². The van der Waals surface area contributed by atoms with Gasteiger partial charge >= 0.3 is 14.2 Å². The Kier molecular flexibility index (Phi) is 4.31. The number of hydrogen-bond acceptors (Lipinski definition) is 2. The zero-order valence-electron chi connectivity index (χ0n) is 17.4. The molecule has 3 aromatic rings. The van der Waals surface area contributed by atoms with Crippen LogP contribution in [-0.4, -0.2) is 30.3 Å². The van der Waals surface area contributed by atoms with Gasteiger partial charge in [0.1, 0.15) is 0 Å². The highest BCUT2D eigenvalue weighted by Crippen LogP contribution is 2.32. The molecule has 0 fully saturated rings. The van der Waals surface area contributed by atoms with Gasteiger partial charge in [0, 0.05) is 28.9 Å². The van der Waals surface area contributed by atoms with E-state index >= 15 is 0 Å². The van der Waals surface area contributed by atoms with Gasteiger partial charge in [-0.05, 0) is 50.2 Å². The molecule has 0 bridgehead atoms. The predicted molar refractivity (Wildman–Crippen MR) is 115 cm³/mol. The van der Waals surface area contributed by atoms with Crippen LogP contribution in [0.3, 0.4) is 0 Å². The summed E-state index contributed by atoms with van der Waals surface area (Å²) in [4.78, 5) is 0. The first kappa shape index (κ1) is 20.4. The Hall–Kier alpha value is -3.49. The molecule has 164 valence electrons. The molecule has 1 aromatic heterocycles. The van der Waals surface area contributed by atoms with Crippen LogP contribution in [0.25, 0.3) is 21.8 Å². The Morgan fingerprint density at radius 3 is 1.50 bits per heavy atom. The molecule has 0 aliphatic carbocycles. The van der Waals surface area contributed by atoms with Gasteiger partial charge in [0.15, 0.2) is 0 Å². The highest BCUT2D eigenvalue weighted by atomic mass is 19.3. The van der Waals surface area contributed by atoms with Crippen LogP contribution >= 0.6 is 0 Å². The second-order valence-electron chi connectivity index (χ2n) is 7.80. The van der Waals surface area contributed by atoms with E-state index in [1.165, 1.54) is 26.0 Å². The minimum absolute atomic E-state index is 0.00292. The summed E-state index contributed by atoms with van der Waals surface area (Å²) in [5, 5.41) is 1.49. The Bertz CT molecular complexity index is 1320. The average Bonchev–Trinajstić information content (AvgIpc) is 2.96. The molecule has 0 saturated carbocycles. The van der Waals surface area contributed by atoms with Gasteiger partial charge in [0.05, 0.1) is 34.8 Å². The van der Waals surface area contributed by atoms with Crippen molar-refractivity contribution in [3.05, 3.63) is 71.2 Å². The summed E-state index contributed by atoms with van der Waals surface area (Å²) in [5.74, 6) is 0.0952. The fourth-order valence-corrected chi connectivity index (χ4v) is 4.11. The van der Waals surface area contributed by atoms with Crippen molar-refractivity contribution >= 4 is 47.6 Å². The second kappa shape index (κ2) is 6.75. The highest BCUT2D eigenvalue weighted by Gasteiger charge is 2.53. The van der Waals surface area contributed by atoms with E-state index in [2.05, 4.69) is 9.31 Å². The molecular weight excluding hydrogens is 428 g/mol. The maximum Gasteiger partial charge on any atom is 0.994 e. The van der Waals surface area contributed by atoms with Crippen molar-refractivity contribution in [3.63, 3.8) is 0 Å². The number of aromatic nitrogens is 1. The van der Waals surface area contributed by atoms with E-state index < -0.39 is 14.2 Å². The van der Waals surface area contributed by atoms with Gasteiger partial charge in [0.25, 0.3) is 11.6 Å². The molecule has 0 unspecified atom stereocenters. The largest absolute Gasteiger partial charge is 0.994 e. The fraction of sp³-hybridized carbons (Fsp3) is 0.143. The summed E-state index contributed by atoms with van der Waals surface area (Å²) >= 11 is 0. The van der Waals surface area contributed by atoms with Crippen molar-refractivity contribution in [1.82, 2.24) is 4.57 Å². The molecule has 2 aromatic carbocycles. The Labute approximate surface area is 180 Å². The number of rotatable bonds is 2. The van der Waals surface area contributed by atoms with Crippen LogP contribution in [0.1, 0.15) is 33.7 Å². The van der Waals surface area contributed by atoms with Gasteiger partial charge in [-0.2, -0.15) is 0 Å². The van der Waals surface area contributed by atoms with E-state index in [-0.39, 0.29) is 23.1 Å². The number of carbonyl (C=O) groups excluding carboxylic acids is 2. The third-order valence-corrected chi connectivity index (χ3v) is 5.42. The molecule has 0 saturated heterocycles. The number of ketones is 2. The smallest absolute Gasteiger partial charge is 0.572 e. The number of aryl methyl sites for hydroxylation is 1. The molecule has 2 aliphatic rings. The zero-order chi connectivity index (χ0) is 22.8. The minimum atomic E-state index is -4.45. The van der Waals surface area contributed by atoms with Crippen LogP contribution in [0.4, 0.5) is 17.3 Å². The number of halogens is 4. The molecule has 0 radical (unpaired) electrons. The van der Waals surface area contributed by atoms with Crippen molar-refractivity contribution in [1.29, 1.82) is 0 Å². The lowest BCUT2D eigenvalue weighted by atomic mass is 10.0. The molecule has 5 nitrogen and oxygen atoms in total. The van der Waals surface area contributed by atoms with E-state index in [1.807, 2.05) is 11.6 Å². The molecule has 11 heteroatoms. The molecule has 0 atom stereocenters. The monoisotopic (exact) mass is 445 g/mol. The first-order chi connectivity index (χ1) is 15.0. The molecule has 0 N–H and O–H groups in total. The Morgan fingerprint density at radius 2 is 1.12 bits per heavy atom. The van der Waals surface area contributed by atoms with Crippen LogP contribution in [0.2, 0.25) is 0 Å². The summed E-state index contributed by atoms with van der Waals surface area (Å²) in [6.07, 6.45) is 2.81. The van der Waals surface area contributed by atoms with Gasteiger partial charge in [-0.1, -0.05) is 0 Å². The molecule has 0 spiro atoms. The van der Waals surface area contributed by atoms with Gasteiger partial charge in [-0.25, -0.2) is 0 Å². The van der Waals surface area contributed by atoms with Crippen LogP contribution in [-0.2, 0) is 16.4 Å². The number of nitrogens with zero attached hydrogens (tertiary/aromatic N) is 1. The average molecular weight is 445 g/mol. The summed E-state index contributed by atoms with van der Waals surface area (Å²) in [6, 6.07) is 10.4. The van der Waals surface area contributed by atoms with Crippen molar-refractivity contribution in [2.24, 2.45) is 7.05 Å². The molecule has 5 rings (SSSR count). The molecule has 2 aliphatic heterocycles. The van der Waals surface area contributed by atoms with Gasteiger partial charge in [-0.3, -0.25) is 0 Å². The third kappa shape index (κ3) is 3.47. The lowest BCUT2D eigenvalue weighted by molar-refractivity contribution is -0.190. The molecular formula is C21H17B2F4NO4. The van der Waals surface area contributed by atoms with Gasteiger partial charge in [-0.15, -0.1) is 0 Å². The van der Waals surface area contributed by atoms with Crippen molar-refractivity contribution in [2.45, 2.75) is 13.8 Å².